The molecule has 2 aromatic rings. The lowest BCUT2D eigenvalue weighted by molar-refractivity contribution is 0.681. The first-order valence-corrected chi connectivity index (χ1v) is 5.96. The van der Waals surface area contributed by atoms with Gasteiger partial charge in [-0.1, -0.05) is 0 Å². The summed E-state index contributed by atoms with van der Waals surface area (Å²) < 4.78 is 0. The first-order chi connectivity index (χ1) is 7.74. The lowest BCUT2D eigenvalue weighted by atomic mass is 10.4. The third-order valence-electron chi connectivity index (χ3n) is 2.11. The molecule has 5 heteroatoms. The van der Waals surface area contributed by atoms with E-state index in [9.17, 15) is 0 Å². The lowest BCUT2D eigenvalue weighted by Gasteiger charge is -2.02. The smallest absolute Gasteiger partial charge is 0.125 e. The largest absolute Gasteiger partial charge is 0.306 e. The maximum atomic E-state index is 4.32. The van der Waals surface area contributed by atoms with Crippen molar-refractivity contribution >= 4 is 11.3 Å². The van der Waals surface area contributed by atoms with E-state index in [-0.39, 0.29) is 0 Å². The van der Waals surface area contributed by atoms with E-state index in [2.05, 4.69) is 20.3 Å². The van der Waals surface area contributed by atoms with Gasteiger partial charge in [-0.3, -0.25) is 0 Å². The second-order valence-electron chi connectivity index (χ2n) is 3.54. The molecule has 84 valence electrons. The first kappa shape index (κ1) is 11.2. The van der Waals surface area contributed by atoms with Gasteiger partial charge in [-0.15, -0.1) is 11.3 Å². The fraction of sp³-hybridized carbons (Fsp3) is 0.364. The predicted octanol–water partition coefficient (Wildman–Crippen LogP) is 1.84. The molecule has 1 N–H and O–H groups in total. The molecule has 4 nitrogen and oxygen atoms in total. The van der Waals surface area contributed by atoms with Crippen LogP contribution in [0.25, 0.3) is 0 Å². The molecule has 0 aliphatic rings. The molecule has 0 aliphatic heterocycles. The van der Waals surface area contributed by atoms with Gasteiger partial charge in [-0.2, -0.15) is 0 Å². The van der Waals surface area contributed by atoms with Gasteiger partial charge in [0.15, 0.2) is 0 Å². The summed E-state index contributed by atoms with van der Waals surface area (Å²) in [5.41, 5.74) is 1.02. The van der Waals surface area contributed by atoms with Gasteiger partial charge >= 0.3 is 0 Å². The molecule has 0 saturated carbocycles. The minimum atomic E-state index is 0.764. The Morgan fingerprint density at radius 1 is 1.25 bits per heavy atom. The van der Waals surface area contributed by atoms with Crippen LogP contribution in [0.15, 0.2) is 18.5 Å². The van der Waals surface area contributed by atoms with Crippen molar-refractivity contribution in [3.8, 4) is 0 Å². The summed E-state index contributed by atoms with van der Waals surface area (Å²) in [6, 6.07) is 1.93. The highest BCUT2D eigenvalue weighted by molar-refractivity contribution is 7.11. The molecule has 2 rings (SSSR count). The van der Waals surface area contributed by atoms with Crippen LogP contribution in [0.2, 0.25) is 0 Å². The van der Waals surface area contributed by atoms with E-state index in [0.717, 1.165) is 29.6 Å². The summed E-state index contributed by atoms with van der Waals surface area (Å²) >= 11 is 1.72. The number of rotatable bonds is 4. The Bertz CT molecular complexity index is 467. The van der Waals surface area contributed by atoms with Gasteiger partial charge in [-0.05, 0) is 19.9 Å². The molecule has 0 aromatic carbocycles. The van der Waals surface area contributed by atoms with Gasteiger partial charge in [0.2, 0.25) is 0 Å². The van der Waals surface area contributed by atoms with Crippen LogP contribution in [-0.4, -0.2) is 15.0 Å². The van der Waals surface area contributed by atoms with E-state index in [0.29, 0.717) is 0 Å². The fourth-order valence-corrected chi connectivity index (χ4v) is 2.17. The van der Waals surface area contributed by atoms with Crippen molar-refractivity contribution in [1.82, 2.24) is 20.3 Å². The third kappa shape index (κ3) is 3.08. The van der Waals surface area contributed by atoms with Crippen LogP contribution in [0.5, 0.6) is 0 Å². The quantitative estimate of drug-likeness (QED) is 0.877. The average Bonchev–Trinajstić information content (AvgIpc) is 2.64. The standard InChI is InChI=1S/C11H14N4S/c1-8-13-4-3-10(15-8)5-12-6-11-7-14-9(2)16-11/h3-4,7,12H,5-6H2,1-2H3. The molecule has 0 aliphatic carbocycles. The van der Waals surface area contributed by atoms with Crippen molar-refractivity contribution < 1.29 is 0 Å². The van der Waals surface area contributed by atoms with Crippen molar-refractivity contribution in [1.29, 1.82) is 0 Å². The molecule has 2 aromatic heterocycles. The Morgan fingerprint density at radius 3 is 2.81 bits per heavy atom. The zero-order valence-electron chi connectivity index (χ0n) is 9.40. The minimum absolute atomic E-state index is 0.764. The van der Waals surface area contributed by atoms with E-state index in [1.807, 2.05) is 26.1 Å². The molecule has 0 spiro atoms. The number of nitrogens with zero attached hydrogens (tertiary/aromatic N) is 3. The molecule has 0 radical (unpaired) electrons. The van der Waals surface area contributed by atoms with Crippen molar-refractivity contribution in [2.24, 2.45) is 0 Å². The number of thiazole rings is 1. The van der Waals surface area contributed by atoms with E-state index in [1.54, 1.807) is 17.5 Å². The lowest BCUT2D eigenvalue weighted by Crippen LogP contribution is -2.13. The maximum Gasteiger partial charge on any atom is 0.125 e. The Labute approximate surface area is 98.8 Å². The summed E-state index contributed by atoms with van der Waals surface area (Å²) in [5.74, 6) is 0.813. The zero-order chi connectivity index (χ0) is 11.4. The SMILES string of the molecule is Cc1nccc(CNCc2cnc(C)s2)n1. The molecular formula is C11H14N4S. The van der Waals surface area contributed by atoms with Gasteiger partial charge in [-0.25, -0.2) is 15.0 Å². The average molecular weight is 234 g/mol. The minimum Gasteiger partial charge on any atom is -0.306 e. The summed E-state index contributed by atoms with van der Waals surface area (Å²) in [5, 5.41) is 4.44. The van der Waals surface area contributed by atoms with Crippen LogP contribution in [0.4, 0.5) is 0 Å². The van der Waals surface area contributed by atoms with Crippen LogP contribution < -0.4 is 5.32 Å². The van der Waals surface area contributed by atoms with Gasteiger partial charge in [0, 0.05) is 30.4 Å². The summed E-state index contributed by atoms with van der Waals surface area (Å²) in [6.07, 6.45) is 3.70. The fourth-order valence-electron chi connectivity index (χ4n) is 1.40. The van der Waals surface area contributed by atoms with E-state index in [1.165, 1.54) is 4.88 Å². The number of nitrogens with one attached hydrogen (secondary N) is 1. The van der Waals surface area contributed by atoms with Crippen molar-refractivity contribution in [2.45, 2.75) is 26.9 Å². The summed E-state index contributed by atoms with van der Waals surface area (Å²) in [4.78, 5) is 13.8. The highest BCUT2D eigenvalue weighted by atomic mass is 32.1. The molecule has 0 atom stereocenters. The molecule has 0 amide bonds. The first-order valence-electron chi connectivity index (χ1n) is 5.14. The Hall–Kier alpha value is -1.33. The van der Waals surface area contributed by atoms with Crippen LogP contribution in [0.3, 0.4) is 0 Å². The second-order valence-corrected chi connectivity index (χ2v) is 4.86. The van der Waals surface area contributed by atoms with Gasteiger partial charge in [0.05, 0.1) is 10.7 Å². The van der Waals surface area contributed by atoms with Crippen LogP contribution in [0, 0.1) is 13.8 Å². The van der Waals surface area contributed by atoms with Gasteiger partial charge < -0.3 is 5.32 Å². The predicted molar refractivity (Wildman–Crippen MR) is 64.2 cm³/mol. The van der Waals surface area contributed by atoms with Crippen LogP contribution in [0.1, 0.15) is 21.4 Å². The van der Waals surface area contributed by atoms with E-state index >= 15 is 0 Å². The third-order valence-corrected chi connectivity index (χ3v) is 3.02. The van der Waals surface area contributed by atoms with Gasteiger partial charge in [0.25, 0.3) is 0 Å². The molecule has 0 unspecified atom stereocenters. The molecule has 0 bridgehead atoms. The Balaban J connectivity index is 1.84. The van der Waals surface area contributed by atoms with E-state index in [4.69, 9.17) is 0 Å². The molecule has 0 fully saturated rings. The summed E-state index contributed by atoms with van der Waals surface area (Å²) in [6.45, 7) is 5.52. The molecule has 16 heavy (non-hydrogen) atoms. The number of aromatic nitrogens is 3. The van der Waals surface area contributed by atoms with Crippen molar-refractivity contribution in [2.75, 3.05) is 0 Å². The van der Waals surface area contributed by atoms with Crippen LogP contribution >= 0.6 is 11.3 Å². The molecular weight excluding hydrogens is 220 g/mol. The van der Waals surface area contributed by atoms with Crippen molar-refractivity contribution in [3.05, 3.63) is 39.9 Å². The Morgan fingerprint density at radius 2 is 2.12 bits per heavy atom. The Kier molecular flexibility index (Phi) is 3.58. The highest BCUT2D eigenvalue weighted by Crippen LogP contribution is 2.10. The number of aryl methyl sites for hydroxylation is 2. The second kappa shape index (κ2) is 5.14. The molecule has 0 saturated heterocycles. The van der Waals surface area contributed by atoms with Crippen molar-refractivity contribution in [3.63, 3.8) is 0 Å². The molecule has 2 heterocycles. The van der Waals surface area contributed by atoms with Crippen LogP contribution in [-0.2, 0) is 13.1 Å². The zero-order valence-corrected chi connectivity index (χ0v) is 10.2. The monoisotopic (exact) mass is 234 g/mol. The number of hydrogen-bond acceptors (Lipinski definition) is 5. The van der Waals surface area contributed by atoms with E-state index < -0.39 is 0 Å². The number of hydrogen-bond donors (Lipinski definition) is 1. The summed E-state index contributed by atoms with van der Waals surface area (Å²) in [7, 11) is 0. The van der Waals surface area contributed by atoms with Gasteiger partial charge in [0.1, 0.15) is 5.82 Å². The normalized spacial score (nSPS) is 10.6. The highest BCUT2D eigenvalue weighted by Gasteiger charge is 1.99. The topological polar surface area (TPSA) is 50.7 Å². The maximum absolute atomic E-state index is 4.32.